The molecule has 0 aliphatic carbocycles. The van der Waals surface area contributed by atoms with Gasteiger partial charge in [0.05, 0.1) is 0 Å². The summed E-state index contributed by atoms with van der Waals surface area (Å²) in [5.74, 6) is 1.18. The molecule has 2 heterocycles. The monoisotopic (exact) mass is 289 g/mol. The Hall–Kier alpha value is -1.09. The third-order valence-electron chi connectivity index (χ3n) is 4.08. The van der Waals surface area contributed by atoms with Gasteiger partial charge in [0.25, 0.3) is 0 Å². The van der Waals surface area contributed by atoms with Crippen LogP contribution in [-0.4, -0.2) is 24.6 Å². The van der Waals surface area contributed by atoms with Gasteiger partial charge in [-0.25, -0.2) is 4.98 Å². The number of nitrogens with one attached hydrogen (secondary N) is 1. The van der Waals surface area contributed by atoms with Crippen molar-refractivity contribution in [1.82, 2.24) is 10.3 Å². The molecule has 1 aliphatic heterocycles. The van der Waals surface area contributed by atoms with Gasteiger partial charge in [0.1, 0.15) is 5.82 Å². The number of hydrogen-bond donors (Lipinski definition) is 1. The Kier molecular flexibility index (Phi) is 5.63. The fraction of sp³-hybridized carbons (Fsp3) is 0.722. The van der Waals surface area contributed by atoms with Crippen molar-refractivity contribution in [3.05, 3.63) is 23.4 Å². The van der Waals surface area contributed by atoms with Crippen LogP contribution in [0.5, 0.6) is 0 Å². The lowest BCUT2D eigenvalue weighted by Crippen LogP contribution is -2.31. The second kappa shape index (κ2) is 7.26. The molecule has 1 fully saturated rings. The summed E-state index contributed by atoms with van der Waals surface area (Å²) in [5.41, 5.74) is 2.67. The van der Waals surface area contributed by atoms with Gasteiger partial charge in [0, 0.05) is 30.7 Å². The maximum Gasteiger partial charge on any atom is 0.129 e. The van der Waals surface area contributed by atoms with E-state index >= 15 is 0 Å². The van der Waals surface area contributed by atoms with E-state index in [1.54, 1.807) is 0 Å². The standard InChI is InChI=1S/C18H31N3/c1-5-9-19-14-15-12-16(18(2,3)4)20-17(13-15)21-10-7-6-8-11-21/h12-13,19H,5-11,14H2,1-4H3. The highest BCUT2D eigenvalue weighted by molar-refractivity contribution is 5.44. The number of rotatable bonds is 5. The highest BCUT2D eigenvalue weighted by Gasteiger charge is 2.20. The Morgan fingerprint density at radius 2 is 1.86 bits per heavy atom. The molecule has 2 rings (SSSR count). The minimum atomic E-state index is 0.102. The Morgan fingerprint density at radius 1 is 1.14 bits per heavy atom. The molecule has 1 aliphatic rings. The molecule has 0 aromatic carbocycles. The molecule has 1 aromatic heterocycles. The summed E-state index contributed by atoms with van der Waals surface area (Å²) in [4.78, 5) is 7.42. The molecule has 3 nitrogen and oxygen atoms in total. The molecule has 21 heavy (non-hydrogen) atoms. The summed E-state index contributed by atoms with van der Waals surface area (Å²) in [6, 6.07) is 4.55. The van der Waals surface area contributed by atoms with Crippen molar-refractivity contribution < 1.29 is 0 Å². The van der Waals surface area contributed by atoms with Crippen molar-refractivity contribution in [3.8, 4) is 0 Å². The lowest BCUT2D eigenvalue weighted by Gasteiger charge is -2.30. The third kappa shape index (κ3) is 4.70. The molecular weight excluding hydrogens is 258 g/mol. The van der Waals surface area contributed by atoms with E-state index in [0.717, 1.165) is 26.2 Å². The minimum absolute atomic E-state index is 0.102. The third-order valence-corrected chi connectivity index (χ3v) is 4.08. The summed E-state index contributed by atoms with van der Waals surface area (Å²) in [6.07, 6.45) is 5.13. The van der Waals surface area contributed by atoms with E-state index in [-0.39, 0.29) is 5.41 Å². The van der Waals surface area contributed by atoms with Gasteiger partial charge in [-0.1, -0.05) is 27.7 Å². The van der Waals surface area contributed by atoms with Gasteiger partial charge >= 0.3 is 0 Å². The fourth-order valence-corrected chi connectivity index (χ4v) is 2.75. The molecule has 0 radical (unpaired) electrons. The maximum absolute atomic E-state index is 4.95. The molecule has 0 amide bonds. The number of nitrogens with zero attached hydrogens (tertiary/aromatic N) is 2. The normalized spacial score (nSPS) is 16.3. The molecule has 0 bridgehead atoms. The first kappa shape index (κ1) is 16.3. The van der Waals surface area contributed by atoms with Crippen LogP contribution >= 0.6 is 0 Å². The molecule has 0 unspecified atom stereocenters. The molecule has 1 aromatic rings. The predicted octanol–water partition coefficient (Wildman–Crippen LogP) is 3.87. The molecule has 3 heteroatoms. The first-order chi connectivity index (χ1) is 10.0. The van der Waals surface area contributed by atoms with Gasteiger partial charge in [-0.3, -0.25) is 0 Å². The zero-order valence-electron chi connectivity index (χ0n) is 14.2. The lowest BCUT2D eigenvalue weighted by molar-refractivity contribution is 0.551. The van der Waals surface area contributed by atoms with E-state index in [4.69, 9.17) is 4.98 Å². The van der Waals surface area contributed by atoms with Gasteiger partial charge in [0.15, 0.2) is 0 Å². The number of anilines is 1. The van der Waals surface area contributed by atoms with Gasteiger partial charge in [-0.2, -0.15) is 0 Å². The van der Waals surface area contributed by atoms with E-state index in [1.165, 1.54) is 42.8 Å². The fourth-order valence-electron chi connectivity index (χ4n) is 2.75. The zero-order chi connectivity index (χ0) is 15.3. The van der Waals surface area contributed by atoms with Crippen LogP contribution in [0.1, 0.15) is 64.6 Å². The molecule has 1 N–H and O–H groups in total. The Balaban J connectivity index is 2.23. The van der Waals surface area contributed by atoms with E-state index in [2.05, 4.69) is 50.0 Å². The maximum atomic E-state index is 4.95. The van der Waals surface area contributed by atoms with Crippen LogP contribution in [0.4, 0.5) is 5.82 Å². The van der Waals surface area contributed by atoms with Crippen molar-refractivity contribution in [1.29, 1.82) is 0 Å². The van der Waals surface area contributed by atoms with Crippen LogP contribution in [0.2, 0.25) is 0 Å². The highest BCUT2D eigenvalue weighted by atomic mass is 15.2. The van der Waals surface area contributed by atoms with E-state index < -0.39 is 0 Å². The number of hydrogen-bond acceptors (Lipinski definition) is 3. The molecular formula is C18H31N3. The largest absolute Gasteiger partial charge is 0.357 e. The molecule has 0 saturated carbocycles. The number of pyridine rings is 1. The summed E-state index contributed by atoms with van der Waals surface area (Å²) in [6.45, 7) is 13.3. The molecule has 118 valence electrons. The van der Waals surface area contributed by atoms with Crippen molar-refractivity contribution >= 4 is 5.82 Å². The van der Waals surface area contributed by atoms with Crippen molar-refractivity contribution in [2.75, 3.05) is 24.5 Å². The second-order valence-electron chi connectivity index (χ2n) is 7.19. The number of piperidine rings is 1. The Morgan fingerprint density at radius 3 is 2.48 bits per heavy atom. The van der Waals surface area contributed by atoms with Crippen molar-refractivity contribution in [2.45, 2.75) is 65.3 Å². The van der Waals surface area contributed by atoms with Gasteiger partial charge < -0.3 is 10.2 Å². The minimum Gasteiger partial charge on any atom is -0.357 e. The Bertz CT molecular complexity index is 442. The highest BCUT2D eigenvalue weighted by Crippen LogP contribution is 2.26. The van der Waals surface area contributed by atoms with Crippen LogP contribution in [-0.2, 0) is 12.0 Å². The van der Waals surface area contributed by atoms with Gasteiger partial charge in [0.2, 0.25) is 0 Å². The van der Waals surface area contributed by atoms with Crippen LogP contribution in [0.25, 0.3) is 0 Å². The smallest absolute Gasteiger partial charge is 0.129 e. The quantitative estimate of drug-likeness (QED) is 0.834. The summed E-state index contributed by atoms with van der Waals surface area (Å²) in [5, 5.41) is 3.51. The average Bonchev–Trinajstić information content (AvgIpc) is 2.47. The summed E-state index contributed by atoms with van der Waals surface area (Å²) >= 11 is 0. The number of aromatic nitrogens is 1. The second-order valence-corrected chi connectivity index (χ2v) is 7.19. The van der Waals surface area contributed by atoms with Crippen LogP contribution in [0.15, 0.2) is 12.1 Å². The average molecular weight is 289 g/mol. The molecule has 0 spiro atoms. The van der Waals surface area contributed by atoms with E-state index in [1.807, 2.05) is 0 Å². The topological polar surface area (TPSA) is 28.2 Å². The zero-order valence-corrected chi connectivity index (χ0v) is 14.2. The Labute approximate surface area is 130 Å². The SMILES string of the molecule is CCCNCc1cc(N2CCCCC2)nc(C(C)(C)C)c1. The van der Waals surface area contributed by atoms with Crippen LogP contribution < -0.4 is 10.2 Å². The molecule has 1 saturated heterocycles. The van der Waals surface area contributed by atoms with Crippen molar-refractivity contribution in [2.24, 2.45) is 0 Å². The van der Waals surface area contributed by atoms with E-state index in [0.29, 0.717) is 0 Å². The summed E-state index contributed by atoms with van der Waals surface area (Å²) < 4.78 is 0. The van der Waals surface area contributed by atoms with Crippen LogP contribution in [0.3, 0.4) is 0 Å². The lowest BCUT2D eigenvalue weighted by atomic mass is 9.90. The van der Waals surface area contributed by atoms with Gasteiger partial charge in [-0.05, 0) is 49.9 Å². The first-order valence-corrected chi connectivity index (χ1v) is 8.48. The van der Waals surface area contributed by atoms with Crippen molar-refractivity contribution in [3.63, 3.8) is 0 Å². The van der Waals surface area contributed by atoms with Crippen LogP contribution in [0, 0.1) is 0 Å². The molecule has 0 atom stereocenters. The first-order valence-electron chi connectivity index (χ1n) is 8.48. The van der Waals surface area contributed by atoms with Gasteiger partial charge in [-0.15, -0.1) is 0 Å². The summed E-state index contributed by atoms with van der Waals surface area (Å²) in [7, 11) is 0. The van der Waals surface area contributed by atoms with E-state index in [9.17, 15) is 0 Å². The predicted molar refractivity (Wildman–Crippen MR) is 91.0 cm³/mol.